The van der Waals surface area contributed by atoms with Crippen molar-refractivity contribution in [2.24, 2.45) is 0 Å². The monoisotopic (exact) mass is 291 g/mol. The fourth-order valence-electron chi connectivity index (χ4n) is 2.66. The molecule has 1 aromatic rings. The number of piperazine rings is 1. The van der Waals surface area contributed by atoms with E-state index in [4.69, 9.17) is 0 Å². The largest absolute Gasteiger partial charge is 0.349 e. The molecule has 2 rings (SSSR count). The SMILES string of the molecule is Cc1cc(C)nc(CNC(=O)CC2CN(C)CCN2C)n1. The fraction of sp³-hybridized carbons (Fsp3) is 0.667. The van der Waals surface area contributed by atoms with Crippen molar-refractivity contribution in [2.45, 2.75) is 32.9 Å². The second-order valence-corrected chi connectivity index (χ2v) is 5.94. The van der Waals surface area contributed by atoms with Crippen molar-refractivity contribution in [1.82, 2.24) is 25.1 Å². The quantitative estimate of drug-likeness (QED) is 0.867. The Kier molecular flexibility index (Phi) is 5.25. The molecule has 1 fully saturated rings. The first-order valence-corrected chi connectivity index (χ1v) is 7.40. The van der Waals surface area contributed by atoms with Crippen molar-refractivity contribution >= 4 is 5.91 Å². The van der Waals surface area contributed by atoms with Crippen molar-refractivity contribution in [2.75, 3.05) is 33.7 Å². The van der Waals surface area contributed by atoms with Crippen LogP contribution in [0.1, 0.15) is 23.6 Å². The molecule has 0 aliphatic carbocycles. The third-order valence-electron chi connectivity index (χ3n) is 3.87. The van der Waals surface area contributed by atoms with Gasteiger partial charge in [0.25, 0.3) is 0 Å². The number of amides is 1. The van der Waals surface area contributed by atoms with Crippen molar-refractivity contribution in [3.8, 4) is 0 Å². The highest BCUT2D eigenvalue weighted by Gasteiger charge is 2.24. The van der Waals surface area contributed by atoms with Crippen LogP contribution in [0.5, 0.6) is 0 Å². The summed E-state index contributed by atoms with van der Waals surface area (Å²) in [6.45, 7) is 7.27. The normalized spacial score (nSPS) is 20.5. The Morgan fingerprint density at radius 1 is 1.29 bits per heavy atom. The highest BCUT2D eigenvalue weighted by atomic mass is 16.1. The minimum atomic E-state index is 0.0601. The molecule has 1 aromatic heterocycles. The first kappa shape index (κ1) is 15.9. The topological polar surface area (TPSA) is 61.4 Å². The Balaban J connectivity index is 1.84. The first-order valence-electron chi connectivity index (χ1n) is 7.40. The summed E-state index contributed by atoms with van der Waals surface area (Å²) in [5, 5.41) is 2.93. The van der Waals surface area contributed by atoms with Crippen molar-refractivity contribution < 1.29 is 4.79 Å². The van der Waals surface area contributed by atoms with Gasteiger partial charge in [-0.25, -0.2) is 9.97 Å². The molecule has 0 aromatic carbocycles. The van der Waals surface area contributed by atoms with Crippen LogP contribution in [0.3, 0.4) is 0 Å². The molecule has 21 heavy (non-hydrogen) atoms. The summed E-state index contributed by atoms with van der Waals surface area (Å²) in [7, 11) is 4.18. The number of aryl methyl sites for hydroxylation is 2. The van der Waals surface area contributed by atoms with E-state index in [9.17, 15) is 4.79 Å². The van der Waals surface area contributed by atoms with Crippen molar-refractivity contribution in [3.05, 3.63) is 23.3 Å². The van der Waals surface area contributed by atoms with Gasteiger partial charge >= 0.3 is 0 Å². The zero-order chi connectivity index (χ0) is 15.4. The smallest absolute Gasteiger partial charge is 0.221 e. The maximum atomic E-state index is 12.1. The van der Waals surface area contributed by atoms with E-state index < -0.39 is 0 Å². The number of hydrogen-bond donors (Lipinski definition) is 1. The Morgan fingerprint density at radius 3 is 2.62 bits per heavy atom. The molecule has 1 aliphatic heterocycles. The number of hydrogen-bond acceptors (Lipinski definition) is 5. The molecule has 0 spiro atoms. The minimum absolute atomic E-state index is 0.0601. The van der Waals surface area contributed by atoms with Gasteiger partial charge in [-0.3, -0.25) is 4.79 Å². The van der Waals surface area contributed by atoms with Crippen LogP contribution in [0, 0.1) is 13.8 Å². The van der Waals surface area contributed by atoms with Gasteiger partial charge in [0, 0.05) is 43.5 Å². The van der Waals surface area contributed by atoms with E-state index in [1.165, 1.54) is 0 Å². The van der Waals surface area contributed by atoms with Gasteiger partial charge < -0.3 is 15.1 Å². The molecular formula is C15H25N5O. The summed E-state index contributed by atoms with van der Waals surface area (Å²) < 4.78 is 0. The van der Waals surface area contributed by atoms with Crippen LogP contribution < -0.4 is 5.32 Å². The zero-order valence-corrected chi connectivity index (χ0v) is 13.4. The van der Waals surface area contributed by atoms with Gasteiger partial charge in [0.1, 0.15) is 5.82 Å². The average molecular weight is 291 g/mol. The highest BCUT2D eigenvalue weighted by molar-refractivity contribution is 5.76. The molecule has 1 N–H and O–H groups in total. The van der Waals surface area contributed by atoms with Crippen LogP contribution in [0.4, 0.5) is 0 Å². The summed E-state index contributed by atoms with van der Waals surface area (Å²) >= 11 is 0. The predicted molar refractivity (Wildman–Crippen MR) is 81.9 cm³/mol. The summed E-state index contributed by atoms with van der Waals surface area (Å²) in [6.07, 6.45) is 0.519. The van der Waals surface area contributed by atoms with Crippen LogP contribution in [0.15, 0.2) is 6.07 Å². The lowest BCUT2D eigenvalue weighted by atomic mass is 10.1. The van der Waals surface area contributed by atoms with E-state index in [0.29, 0.717) is 18.8 Å². The molecule has 0 bridgehead atoms. The third-order valence-corrected chi connectivity index (χ3v) is 3.87. The average Bonchev–Trinajstić information content (AvgIpc) is 2.40. The summed E-state index contributed by atoms with van der Waals surface area (Å²) in [5.41, 5.74) is 1.86. The molecule has 0 saturated carbocycles. The van der Waals surface area contributed by atoms with E-state index in [2.05, 4.69) is 39.2 Å². The summed E-state index contributed by atoms with van der Waals surface area (Å²) in [6, 6.07) is 2.21. The second-order valence-electron chi connectivity index (χ2n) is 5.94. The van der Waals surface area contributed by atoms with E-state index in [1.54, 1.807) is 0 Å². The zero-order valence-electron chi connectivity index (χ0n) is 13.4. The Hall–Kier alpha value is -1.53. The lowest BCUT2D eigenvalue weighted by molar-refractivity contribution is -0.122. The Labute approximate surface area is 126 Å². The number of carbonyl (C=O) groups excluding carboxylic acids is 1. The number of carbonyl (C=O) groups is 1. The van der Waals surface area contributed by atoms with Gasteiger partial charge in [-0.2, -0.15) is 0 Å². The van der Waals surface area contributed by atoms with E-state index in [0.717, 1.165) is 31.0 Å². The Bertz CT molecular complexity index is 485. The molecule has 6 heteroatoms. The standard InChI is InChI=1S/C15H25N5O/c1-11-7-12(2)18-14(17-11)9-16-15(21)8-13-10-19(3)5-6-20(13)4/h7,13H,5-6,8-10H2,1-4H3,(H,16,21). The van der Waals surface area contributed by atoms with E-state index in [-0.39, 0.29) is 11.9 Å². The minimum Gasteiger partial charge on any atom is -0.349 e. The molecule has 116 valence electrons. The van der Waals surface area contributed by atoms with E-state index >= 15 is 0 Å². The highest BCUT2D eigenvalue weighted by Crippen LogP contribution is 2.09. The number of rotatable bonds is 4. The number of nitrogens with one attached hydrogen (secondary N) is 1. The first-order chi connectivity index (χ1) is 9.94. The molecule has 0 radical (unpaired) electrons. The third kappa shape index (κ3) is 4.75. The van der Waals surface area contributed by atoms with Gasteiger partial charge in [0.2, 0.25) is 5.91 Å². The predicted octanol–water partition coefficient (Wildman–Crippen LogP) is 0.346. The summed E-state index contributed by atoms with van der Waals surface area (Å²) in [5.74, 6) is 0.736. The molecule has 6 nitrogen and oxygen atoms in total. The maximum absolute atomic E-state index is 12.1. The van der Waals surface area contributed by atoms with Crippen LogP contribution in [-0.2, 0) is 11.3 Å². The molecule has 1 amide bonds. The number of aromatic nitrogens is 2. The molecule has 1 aliphatic rings. The van der Waals surface area contributed by atoms with Gasteiger partial charge in [-0.1, -0.05) is 0 Å². The lowest BCUT2D eigenvalue weighted by Crippen LogP contribution is -2.51. The number of likely N-dealkylation sites (N-methyl/N-ethyl adjacent to an activating group) is 2. The molecule has 1 unspecified atom stereocenters. The number of nitrogens with zero attached hydrogens (tertiary/aromatic N) is 4. The second kappa shape index (κ2) is 6.95. The van der Waals surface area contributed by atoms with Gasteiger partial charge in [0.15, 0.2) is 0 Å². The van der Waals surface area contributed by atoms with Crippen LogP contribution in [0.2, 0.25) is 0 Å². The van der Waals surface area contributed by atoms with Crippen molar-refractivity contribution in [3.63, 3.8) is 0 Å². The van der Waals surface area contributed by atoms with Crippen LogP contribution >= 0.6 is 0 Å². The Morgan fingerprint density at radius 2 is 1.95 bits per heavy atom. The van der Waals surface area contributed by atoms with Gasteiger partial charge in [0.05, 0.1) is 6.54 Å². The van der Waals surface area contributed by atoms with Gasteiger partial charge in [-0.15, -0.1) is 0 Å². The maximum Gasteiger partial charge on any atom is 0.221 e. The van der Waals surface area contributed by atoms with Crippen molar-refractivity contribution in [1.29, 1.82) is 0 Å². The fourth-order valence-corrected chi connectivity index (χ4v) is 2.66. The lowest BCUT2D eigenvalue weighted by Gasteiger charge is -2.37. The van der Waals surface area contributed by atoms with E-state index in [1.807, 2.05) is 19.9 Å². The molecular weight excluding hydrogens is 266 g/mol. The van der Waals surface area contributed by atoms with Crippen LogP contribution in [0.25, 0.3) is 0 Å². The van der Waals surface area contributed by atoms with Crippen LogP contribution in [-0.4, -0.2) is 65.4 Å². The van der Waals surface area contributed by atoms with Gasteiger partial charge in [-0.05, 0) is 34.0 Å². The molecule has 2 heterocycles. The summed E-state index contributed by atoms with van der Waals surface area (Å²) in [4.78, 5) is 25.3. The molecule has 1 saturated heterocycles. The molecule has 1 atom stereocenters.